The number of carbonyl (C=O) groups is 2. The summed E-state index contributed by atoms with van der Waals surface area (Å²) in [6.45, 7) is 1.39. The average molecular weight is 362 g/mol. The lowest BCUT2D eigenvalue weighted by Crippen LogP contribution is -2.57. The average Bonchev–Trinajstić information content (AvgIpc) is 2.99. The van der Waals surface area contributed by atoms with Gasteiger partial charge in [0.05, 0.1) is 31.2 Å². The van der Waals surface area contributed by atoms with Crippen LogP contribution in [0.3, 0.4) is 0 Å². The normalized spacial score (nSPS) is 11.3. The van der Waals surface area contributed by atoms with E-state index in [0.29, 0.717) is 17.2 Å². The zero-order chi connectivity index (χ0) is 19.3. The SMILES string of the molecule is CC(=O)Nc1cc(C)nn1-c1ccc(C(=O)NC(CO)(CO)CO)cc1. The second-order valence-corrected chi connectivity index (χ2v) is 6.02. The van der Waals surface area contributed by atoms with E-state index in [1.165, 1.54) is 23.7 Å². The molecule has 0 aliphatic carbocycles. The number of nitrogens with one attached hydrogen (secondary N) is 2. The smallest absolute Gasteiger partial charge is 0.251 e. The highest BCUT2D eigenvalue weighted by atomic mass is 16.3. The van der Waals surface area contributed by atoms with Crippen LogP contribution >= 0.6 is 0 Å². The minimum Gasteiger partial charge on any atom is -0.394 e. The molecule has 0 unspecified atom stereocenters. The number of rotatable bonds is 7. The quantitative estimate of drug-likeness (QED) is 0.454. The molecule has 0 saturated carbocycles. The van der Waals surface area contributed by atoms with Crippen LogP contribution in [0.2, 0.25) is 0 Å². The zero-order valence-corrected chi connectivity index (χ0v) is 14.6. The molecule has 0 aliphatic rings. The van der Waals surface area contributed by atoms with Gasteiger partial charge in [0.2, 0.25) is 5.91 Å². The summed E-state index contributed by atoms with van der Waals surface area (Å²) in [4.78, 5) is 23.6. The van der Waals surface area contributed by atoms with Crippen LogP contribution in [0.1, 0.15) is 23.0 Å². The van der Waals surface area contributed by atoms with E-state index in [4.69, 9.17) is 0 Å². The van der Waals surface area contributed by atoms with Crippen LogP contribution in [0, 0.1) is 6.92 Å². The van der Waals surface area contributed by atoms with Gasteiger partial charge in [-0.1, -0.05) is 0 Å². The Morgan fingerprint density at radius 1 is 1.12 bits per heavy atom. The van der Waals surface area contributed by atoms with E-state index in [1.54, 1.807) is 25.1 Å². The van der Waals surface area contributed by atoms with Gasteiger partial charge in [-0.2, -0.15) is 5.10 Å². The number of carbonyl (C=O) groups excluding carboxylic acids is 2. The molecule has 1 aromatic carbocycles. The minimum absolute atomic E-state index is 0.226. The van der Waals surface area contributed by atoms with Crippen molar-refractivity contribution in [1.82, 2.24) is 15.1 Å². The molecule has 0 radical (unpaired) electrons. The van der Waals surface area contributed by atoms with Crippen LogP contribution < -0.4 is 10.6 Å². The van der Waals surface area contributed by atoms with Crippen molar-refractivity contribution >= 4 is 17.6 Å². The molecule has 0 aliphatic heterocycles. The van der Waals surface area contributed by atoms with Crippen molar-refractivity contribution < 1.29 is 24.9 Å². The Labute approximate surface area is 150 Å². The highest BCUT2D eigenvalue weighted by molar-refractivity contribution is 5.95. The molecule has 9 heteroatoms. The van der Waals surface area contributed by atoms with Gasteiger partial charge >= 0.3 is 0 Å². The third-order valence-corrected chi connectivity index (χ3v) is 3.80. The van der Waals surface area contributed by atoms with E-state index in [-0.39, 0.29) is 11.5 Å². The van der Waals surface area contributed by atoms with Crippen molar-refractivity contribution in [3.8, 4) is 5.69 Å². The Kier molecular flexibility index (Phi) is 6.09. The molecule has 2 aromatic rings. The van der Waals surface area contributed by atoms with Gasteiger partial charge in [0.25, 0.3) is 5.91 Å². The Hall–Kier alpha value is -2.75. The highest BCUT2D eigenvalue weighted by Gasteiger charge is 2.30. The van der Waals surface area contributed by atoms with Gasteiger partial charge in [0.15, 0.2) is 0 Å². The Bertz CT molecular complexity index is 773. The molecule has 140 valence electrons. The van der Waals surface area contributed by atoms with Gasteiger partial charge in [-0.25, -0.2) is 4.68 Å². The van der Waals surface area contributed by atoms with Crippen LogP contribution in [0.15, 0.2) is 30.3 Å². The molecule has 5 N–H and O–H groups in total. The van der Waals surface area contributed by atoms with Gasteiger partial charge in [0, 0.05) is 18.6 Å². The molecule has 0 atom stereocenters. The number of aryl methyl sites for hydroxylation is 1. The number of hydrogen-bond acceptors (Lipinski definition) is 6. The van der Waals surface area contributed by atoms with Gasteiger partial charge in [-0.15, -0.1) is 0 Å². The molecule has 2 rings (SSSR count). The molecule has 2 amide bonds. The molecule has 1 aromatic heterocycles. The second-order valence-electron chi connectivity index (χ2n) is 6.02. The Morgan fingerprint density at radius 2 is 1.69 bits per heavy atom. The predicted octanol–water partition coefficient (Wildman–Crippen LogP) is -0.415. The monoisotopic (exact) mass is 362 g/mol. The summed E-state index contributed by atoms with van der Waals surface area (Å²) < 4.78 is 1.54. The van der Waals surface area contributed by atoms with Crippen LogP contribution in [0.4, 0.5) is 5.82 Å². The number of benzene rings is 1. The first kappa shape index (κ1) is 19.6. The molecule has 0 fully saturated rings. The fraction of sp³-hybridized carbons (Fsp3) is 0.353. The maximum atomic E-state index is 12.3. The Balaban J connectivity index is 2.23. The predicted molar refractivity (Wildman–Crippen MR) is 94.1 cm³/mol. The number of aromatic nitrogens is 2. The van der Waals surface area contributed by atoms with Crippen LogP contribution in [0.5, 0.6) is 0 Å². The molecular formula is C17H22N4O5. The number of nitrogens with zero attached hydrogens (tertiary/aromatic N) is 2. The summed E-state index contributed by atoms with van der Waals surface area (Å²) in [6, 6.07) is 8.09. The third-order valence-electron chi connectivity index (χ3n) is 3.80. The molecule has 0 spiro atoms. The number of aliphatic hydroxyl groups is 3. The number of aliphatic hydroxyl groups excluding tert-OH is 3. The van der Waals surface area contributed by atoms with Crippen molar-refractivity contribution in [2.45, 2.75) is 19.4 Å². The third kappa shape index (κ3) is 4.26. The summed E-state index contributed by atoms with van der Waals surface area (Å²) in [5.41, 5.74) is 0.136. The van der Waals surface area contributed by atoms with E-state index in [2.05, 4.69) is 15.7 Å². The van der Waals surface area contributed by atoms with Crippen molar-refractivity contribution in [3.05, 3.63) is 41.6 Å². The van der Waals surface area contributed by atoms with E-state index in [0.717, 1.165) is 0 Å². The van der Waals surface area contributed by atoms with E-state index < -0.39 is 31.3 Å². The van der Waals surface area contributed by atoms with Gasteiger partial charge in [-0.3, -0.25) is 9.59 Å². The molecule has 1 heterocycles. The molecular weight excluding hydrogens is 340 g/mol. The first-order valence-electron chi connectivity index (χ1n) is 7.94. The first-order chi connectivity index (χ1) is 12.3. The second kappa shape index (κ2) is 8.09. The molecule has 0 saturated heterocycles. The number of hydrogen-bond donors (Lipinski definition) is 5. The standard InChI is InChI=1S/C17H22N4O5/c1-11-7-15(18-12(2)25)21(20-11)14-5-3-13(4-6-14)16(26)19-17(8-22,9-23)10-24/h3-7,22-24H,8-10H2,1-2H3,(H,18,25)(H,19,26). The van der Waals surface area contributed by atoms with E-state index in [1.807, 2.05) is 0 Å². The maximum absolute atomic E-state index is 12.3. The van der Waals surface area contributed by atoms with E-state index in [9.17, 15) is 24.9 Å². The lowest BCUT2D eigenvalue weighted by molar-refractivity contribution is -0.114. The van der Waals surface area contributed by atoms with Crippen LogP contribution in [-0.2, 0) is 4.79 Å². The minimum atomic E-state index is -1.49. The summed E-state index contributed by atoms with van der Waals surface area (Å²) >= 11 is 0. The first-order valence-corrected chi connectivity index (χ1v) is 7.94. The summed E-state index contributed by atoms with van der Waals surface area (Å²) in [5, 5.41) is 37.3. The Morgan fingerprint density at radius 3 is 2.19 bits per heavy atom. The van der Waals surface area contributed by atoms with Gasteiger partial charge < -0.3 is 26.0 Å². The van der Waals surface area contributed by atoms with E-state index >= 15 is 0 Å². The van der Waals surface area contributed by atoms with Gasteiger partial charge in [-0.05, 0) is 31.2 Å². The van der Waals surface area contributed by atoms with Gasteiger partial charge in [0.1, 0.15) is 11.4 Å². The molecule has 0 bridgehead atoms. The summed E-state index contributed by atoms with van der Waals surface area (Å²) in [5.74, 6) is -0.269. The van der Waals surface area contributed by atoms with Crippen molar-refractivity contribution in [1.29, 1.82) is 0 Å². The fourth-order valence-electron chi connectivity index (χ4n) is 2.30. The zero-order valence-electron chi connectivity index (χ0n) is 14.6. The van der Waals surface area contributed by atoms with Crippen LogP contribution in [-0.4, -0.2) is 62.3 Å². The fourth-order valence-corrected chi connectivity index (χ4v) is 2.30. The van der Waals surface area contributed by atoms with Crippen molar-refractivity contribution in [2.75, 3.05) is 25.1 Å². The van der Waals surface area contributed by atoms with Crippen molar-refractivity contribution in [2.24, 2.45) is 0 Å². The number of amides is 2. The topological polar surface area (TPSA) is 137 Å². The number of anilines is 1. The highest BCUT2D eigenvalue weighted by Crippen LogP contribution is 2.18. The lowest BCUT2D eigenvalue weighted by Gasteiger charge is -2.28. The largest absolute Gasteiger partial charge is 0.394 e. The van der Waals surface area contributed by atoms with Crippen molar-refractivity contribution in [3.63, 3.8) is 0 Å². The lowest BCUT2D eigenvalue weighted by atomic mass is 10.0. The van der Waals surface area contributed by atoms with Crippen LogP contribution in [0.25, 0.3) is 5.69 Å². The maximum Gasteiger partial charge on any atom is 0.251 e. The summed E-state index contributed by atoms with van der Waals surface area (Å²) in [6.07, 6.45) is 0. The molecule has 26 heavy (non-hydrogen) atoms. The molecule has 9 nitrogen and oxygen atoms in total. The summed E-state index contributed by atoms with van der Waals surface area (Å²) in [7, 11) is 0.